The maximum atomic E-state index is 6.37. The van der Waals surface area contributed by atoms with Crippen molar-refractivity contribution in [3.05, 3.63) is 48.5 Å². The average Bonchev–Trinajstić information content (AvgIpc) is 3.05. The highest BCUT2D eigenvalue weighted by atomic mass is 15.4. The van der Waals surface area contributed by atoms with Crippen LogP contribution in [0.3, 0.4) is 0 Å². The molecule has 5 rings (SSSR count). The summed E-state index contributed by atoms with van der Waals surface area (Å²) in [6.45, 7) is 0. The zero-order valence-electron chi connectivity index (χ0n) is 16.5. The van der Waals surface area contributed by atoms with E-state index in [0.29, 0.717) is 5.96 Å². The molecule has 0 saturated heterocycles. The smallest absolute Gasteiger partial charge is 0.220 e. The van der Waals surface area contributed by atoms with Crippen molar-refractivity contribution >= 4 is 28.6 Å². The molecule has 4 N–H and O–H groups in total. The molecule has 0 bridgehead atoms. The molecule has 2 aromatic carbocycles. The molecule has 1 aromatic heterocycles. The fraction of sp³-hybridized carbons (Fsp3) is 0.318. The number of hydrogen-bond acceptors (Lipinski definition) is 6. The van der Waals surface area contributed by atoms with Gasteiger partial charge in [0.15, 0.2) is 0 Å². The zero-order valence-corrected chi connectivity index (χ0v) is 16.5. The van der Waals surface area contributed by atoms with E-state index < -0.39 is 5.66 Å². The van der Waals surface area contributed by atoms with Crippen LogP contribution in [-0.4, -0.2) is 27.1 Å². The second-order valence-electron chi connectivity index (χ2n) is 7.85. The van der Waals surface area contributed by atoms with E-state index in [-0.39, 0.29) is 5.96 Å². The Labute approximate surface area is 169 Å². The highest BCUT2D eigenvalue weighted by molar-refractivity contribution is 6.06. The molecule has 2 aliphatic rings. The van der Waals surface area contributed by atoms with E-state index >= 15 is 0 Å². The van der Waals surface area contributed by atoms with E-state index in [0.717, 1.165) is 53.8 Å². The summed E-state index contributed by atoms with van der Waals surface area (Å²) in [5.41, 5.74) is 15.9. The Balaban J connectivity index is 1.62. The highest BCUT2D eigenvalue weighted by Gasteiger charge is 2.42. The summed E-state index contributed by atoms with van der Waals surface area (Å²) in [7, 11) is 2.04. The minimum atomic E-state index is -0.446. The summed E-state index contributed by atoms with van der Waals surface area (Å²) < 4.78 is 2.12. The van der Waals surface area contributed by atoms with E-state index in [9.17, 15) is 0 Å². The van der Waals surface area contributed by atoms with Crippen molar-refractivity contribution in [2.24, 2.45) is 28.5 Å². The maximum absolute atomic E-state index is 6.37. The number of nitrogens with zero attached hydrogens (tertiary/aromatic N) is 5. The Hall–Kier alpha value is -3.35. The third-order valence-corrected chi connectivity index (χ3v) is 6.01. The van der Waals surface area contributed by atoms with Crippen LogP contribution in [0.1, 0.15) is 32.1 Å². The van der Waals surface area contributed by atoms with Crippen molar-refractivity contribution in [3.63, 3.8) is 0 Å². The van der Waals surface area contributed by atoms with Gasteiger partial charge in [0.25, 0.3) is 0 Å². The molecular weight excluding hydrogens is 362 g/mol. The van der Waals surface area contributed by atoms with E-state index in [2.05, 4.69) is 44.8 Å². The summed E-state index contributed by atoms with van der Waals surface area (Å²) in [5.74, 6) is 1.61. The summed E-state index contributed by atoms with van der Waals surface area (Å²) in [4.78, 5) is 16.0. The van der Waals surface area contributed by atoms with Crippen LogP contribution < -0.4 is 16.4 Å². The lowest BCUT2D eigenvalue weighted by atomic mass is 9.87. The fourth-order valence-corrected chi connectivity index (χ4v) is 4.67. The number of hydrogen-bond donors (Lipinski definition) is 2. The number of guanidine groups is 2. The lowest BCUT2D eigenvalue weighted by Crippen LogP contribution is -2.58. The third kappa shape index (κ3) is 2.85. The predicted molar refractivity (Wildman–Crippen MR) is 118 cm³/mol. The van der Waals surface area contributed by atoms with Gasteiger partial charge in [-0.15, -0.1) is 0 Å². The standard InChI is InChI=1S/C22H25N7/c1-28-18-11-10-16(14-17(18)25-19(28)15-8-4-2-5-9-15)29-21(24)26-20(23)27-22(29)12-6-3-7-13-22/h2,4-5,8-11,14H,3,6-7,12-13H2,1H3,(H4,23,24,26,27). The van der Waals surface area contributed by atoms with Crippen molar-refractivity contribution in [1.29, 1.82) is 0 Å². The molecule has 7 heteroatoms. The van der Waals surface area contributed by atoms with E-state index in [1.807, 2.05) is 25.2 Å². The molecular formula is C22H25N7. The first-order valence-electron chi connectivity index (χ1n) is 10.1. The van der Waals surface area contributed by atoms with Crippen LogP contribution in [0.5, 0.6) is 0 Å². The number of rotatable bonds is 2. The minimum absolute atomic E-state index is 0.269. The van der Waals surface area contributed by atoms with Gasteiger partial charge < -0.3 is 16.0 Å². The molecule has 1 aliphatic heterocycles. The van der Waals surface area contributed by atoms with Crippen LogP contribution >= 0.6 is 0 Å². The van der Waals surface area contributed by atoms with E-state index in [4.69, 9.17) is 21.4 Å². The quantitative estimate of drug-likeness (QED) is 0.704. The van der Waals surface area contributed by atoms with Gasteiger partial charge in [-0.2, -0.15) is 4.99 Å². The van der Waals surface area contributed by atoms with Crippen LogP contribution in [0.15, 0.2) is 58.5 Å². The molecule has 1 fully saturated rings. The summed E-state index contributed by atoms with van der Waals surface area (Å²) in [6.07, 6.45) is 5.25. The Morgan fingerprint density at radius 1 is 0.966 bits per heavy atom. The molecule has 1 saturated carbocycles. The third-order valence-electron chi connectivity index (χ3n) is 6.01. The number of anilines is 1. The minimum Gasteiger partial charge on any atom is -0.369 e. The fourth-order valence-electron chi connectivity index (χ4n) is 4.67. The van der Waals surface area contributed by atoms with Gasteiger partial charge >= 0.3 is 0 Å². The van der Waals surface area contributed by atoms with Gasteiger partial charge in [-0.25, -0.2) is 9.98 Å². The van der Waals surface area contributed by atoms with Gasteiger partial charge in [0.05, 0.1) is 11.0 Å². The largest absolute Gasteiger partial charge is 0.369 e. The number of aromatic nitrogens is 2. The molecule has 29 heavy (non-hydrogen) atoms. The average molecular weight is 387 g/mol. The van der Waals surface area contributed by atoms with Crippen LogP contribution in [0, 0.1) is 0 Å². The molecule has 2 heterocycles. The lowest BCUT2D eigenvalue weighted by molar-refractivity contribution is 0.305. The topological polar surface area (TPSA) is 97.8 Å². The second-order valence-corrected chi connectivity index (χ2v) is 7.85. The first-order valence-corrected chi connectivity index (χ1v) is 10.1. The maximum Gasteiger partial charge on any atom is 0.220 e. The Morgan fingerprint density at radius 3 is 2.48 bits per heavy atom. The van der Waals surface area contributed by atoms with E-state index in [1.165, 1.54) is 6.42 Å². The summed E-state index contributed by atoms with van der Waals surface area (Å²) in [6, 6.07) is 16.5. The van der Waals surface area contributed by atoms with Gasteiger partial charge in [-0.3, -0.25) is 4.90 Å². The number of aliphatic imine (C=N–C) groups is 2. The van der Waals surface area contributed by atoms with Crippen molar-refractivity contribution < 1.29 is 0 Å². The van der Waals surface area contributed by atoms with Crippen molar-refractivity contribution in [1.82, 2.24) is 9.55 Å². The monoisotopic (exact) mass is 387 g/mol. The predicted octanol–water partition coefficient (Wildman–Crippen LogP) is 3.35. The van der Waals surface area contributed by atoms with Crippen LogP contribution in [0.4, 0.5) is 5.69 Å². The van der Waals surface area contributed by atoms with Crippen LogP contribution in [0.25, 0.3) is 22.4 Å². The Kier molecular flexibility index (Phi) is 4.04. The van der Waals surface area contributed by atoms with Gasteiger partial charge in [-0.05, 0) is 43.9 Å². The zero-order chi connectivity index (χ0) is 20.0. The number of fused-ring (bicyclic) bond motifs is 1. The van der Waals surface area contributed by atoms with Crippen molar-refractivity contribution in [2.75, 3.05) is 4.90 Å². The van der Waals surface area contributed by atoms with Gasteiger partial charge in [0.2, 0.25) is 11.9 Å². The molecule has 0 radical (unpaired) electrons. The number of imidazole rings is 1. The first-order chi connectivity index (χ1) is 14.1. The van der Waals surface area contributed by atoms with Crippen molar-refractivity contribution in [3.8, 4) is 11.4 Å². The lowest BCUT2D eigenvalue weighted by Gasteiger charge is -2.45. The molecule has 7 nitrogen and oxygen atoms in total. The second kappa shape index (κ2) is 6.62. The van der Waals surface area contributed by atoms with Gasteiger partial charge in [0, 0.05) is 18.3 Å². The molecule has 148 valence electrons. The number of nitrogens with two attached hydrogens (primary N) is 2. The molecule has 0 unspecified atom stereocenters. The van der Waals surface area contributed by atoms with Gasteiger partial charge in [0.1, 0.15) is 11.5 Å². The normalized spacial score (nSPS) is 18.7. The molecule has 0 atom stereocenters. The first kappa shape index (κ1) is 17.7. The number of benzene rings is 2. The van der Waals surface area contributed by atoms with E-state index in [1.54, 1.807) is 0 Å². The van der Waals surface area contributed by atoms with Crippen molar-refractivity contribution in [2.45, 2.75) is 37.8 Å². The Morgan fingerprint density at radius 2 is 1.72 bits per heavy atom. The molecule has 3 aromatic rings. The summed E-state index contributed by atoms with van der Waals surface area (Å²) >= 11 is 0. The summed E-state index contributed by atoms with van der Waals surface area (Å²) in [5, 5.41) is 0. The van der Waals surface area contributed by atoms with Crippen LogP contribution in [-0.2, 0) is 7.05 Å². The highest BCUT2D eigenvalue weighted by Crippen LogP contribution is 2.40. The Bertz CT molecular complexity index is 1120. The molecule has 1 spiro atoms. The van der Waals surface area contributed by atoms with Gasteiger partial charge in [-0.1, -0.05) is 36.8 Å². The SMILES string of the molecule is Cn1c(-c2ccccc2)nc2cc(N3C(N)=NC(N)=NC34CCCCC4)ccc21. The molecule has 0 amide bonds. The number of aryl methyl sites for hydroxylation is 1. The van der Waals surface area contributed by atoms with Crippen LogP contribution in [0.2, 0.25) is 0 Å². The molecule has 1 aliphatic carbocycles.